The molecule has 12 heteroatoms. The lowest BCUT2D eigenvalue weighted by Gasteiger charge is -2.44. The zero-order chi connectivity index (χ0) is 31.9. The largest absolute Gasteiger partial charge is 0.493 e. The maximum Gasteiger partial charge on any atom is 0.237 e. The van der Waals surface area contributed by atoms with E-state index in [2.05, 4.69) is 15.3 Å². The van der Waals surface area contributed by atoms with Gasteiger partial charge in [-0.05, 0) is 43.0 Å². The van der Waals surface area contributed by atoms with Crippen molar-refractivity contribution < 1.29 is 27.1 Å². The van der Waals surface area contributed by atoms with E-state index in [9.17, 15) is 13.2 Å². The second-order valence-corrected chi connectivity index (χ2v) is 13.8. The number of nitrogens with two attached hydrogens (primary N) is 1. The number of amides is 1. The second-order valence-electron chi connectivity index (χ2n) is 12.2. The minimum Gasteiger partial charge on any atom is -0.493 e. The number of nitrogens with one attached hydrogen (secondary N) is 1. The van der Waals surface area contributed by atoms with E-state index >= 15 is 4.39 Å². The average molecular weight is 634 g/mol. The first-order chi connectivity index (χ1) is 21.4. The number of fused-ring (bicyclic) bond motifs is 4. The Kier molecular flexibility index (Phi) is 8.23. The Morgan fingerprint density at radius 3 is 2.58 bits per heavy atom. The summed E-state index contributed by atoms with van der Waals surface area (Å²) in [5.41, 5.74) is 1.97. The van der Waals surface area contributed by atoms with Crippen LogP contribution >= 0.6 is 0 Å². The van der Waals surface area contributed by atoms with Crippen molar-refractivity contribution in [2.24, 2.45) is 11.1 Å². The second kappa shape index (κ2) is 12.0. The quantitative estimate of drug-likeness (QED) is 0.233. The molecule has 45 heavy (non-hydrogen) atoms. The number of aromatic nitrogens is 2. The number of sulfonamides is 1. The molecule has 2 aromatic carbocycles. The summed E-state index contributed by atoms with van der Waals surface area (Å²) < 4.78 is 51.6. The molecule has 3 heterocycles. The Morgan fingerprint density at radius 2 is 1.87 bits per heavy atom. The summed E-state index contributed by atoms with van der Waals surface area (Å²) in [4.78, 5) is 24.2. The third-order valence-electron chi connectivity index (χ3n) is 8.48. The van der Waals surface area contributed by atoms with Crippen LogP contribution in [-0.4, -0.2) is 57.1 Å². The smallest absolute Gasteiger partial charge is 0.237 e. The number of ether oxygens (including phenoxy) is 2. The zero-order valence-corrected chi connectivity index (χ0v) is 26.2. The van der Waals surface area contributed by atoms with E-state index in [1.807, 2.05) is 44.2 Å². The van der Waals surface area contributed by atoms with Crippen molar-refractivity contribution in [1.29, 1.82) is 0 Å². The van der Waals surface area contributed by atoms with Crippen LogP contribution in [0.2, 0.25) is 0 Å². The van der Waals surface area contributed by atoms with Crippen LogP contribution in [0.4, 0.5) is 10.1 Å². The molecule has 0 saturated heterocycles. The van der Waals surface area contributed by atoms with Gasteiger partial charge >= 0.3 is 0 Å². The number of rotatable bonds is 11. The Balaban J connectivity index is 1.35. The third kappa shape index (κ3) is 6.09. The summed E-state index contributed by atoms with van der Waals surface area (Å²) in [6, 6.07) is 14.4. The first-order valence-corrected chi connectivity index (χ1v) is 16.6. The SMILES string of the molecule is CC(C)NCCOc1ncc(-c2cc3c4c(cnc3cc2F)N(C)C(=O)C42CC(COc3ccccc3)C2)cc1CS(N)(=O)=O. The zero-order valence-electron chi connectivity index (χ0n) is 25.4. The summed E-state index contributed by atoms with van der Waals surface area (Å²) in [5, 5.41) is 9.26. The molecule has 10 nitrogen and oxygen atoms in total. The number of benzene rings is 2. The number of hydrogen-bond donors (Lipinski definition) is 2. The normalized spacial score (nSPS) is 19.3. The lowest BCUT2D eigenvalue weighted by molar-refractivity contribution is -0.128. The number of para-hydroxylation sites is 1. The van der Waals surface area contributed by atoms with Crippen molar-refractivity contribution in [3.05, 3.63) is 77.9 Å². The van der Waals surface area contributed by atoms with Crippen LogP contribution in [0, 0.1) is 11.7 Å². The van der Waals surface area contributed by atoms with Gasteiger partial charge in [0.15, 0.2) is 0 Å². The van der Waals surface area contributed by atoms with Gasteiger partial charge in [-0.1, -0.05) is 32.0 Å². The van der Waals surface area contributed by atoms with Crippen molar-refractivity contribution in [1.82, 2.24) is 15.3 Å². The Labute approximate surface area is 261 Å². The molecular weight excluding hydrogens is 597 g/mol. The third-order valence-corrected chi connectivity index (χ3v) is 9.19. The highest BCUT2D eigenvalue weighted by Crippen LogP contribution is 2.57. The summed E-state index contributed by atoms with van der Waals surface area (Å²) in [6.45, 7) is 5.28. The molecule has 1 aliphatic carbocycles. The van der Waals surface area contributed by atoms with Crippen LogP contribution in [0.1, 0.15) is 37.8 Å². The van der Waals surface area contributed by atoms with Crippen LogP contribution in [0.3, 0.4) is 0 Å². The van der Waals surface area contributed by atoms with Gasteiger partial charge in [-0.2, -0.15) is 0 Å². The molecule has 0 bridgehead atoms. The van der Waals surface area contributed by atoms with Gasteiger partial charge in [0.2, 0.25) is 21.8 Å². The lowest BCUT2D eigenvalue weighted by Crippen LogP contribution is -2.50. The topological polar surface area (TPSA) is 137 Å². The molecule has 1 amide bonds. The summed E-state index contributed by atoms with van der Waals surface area (Å²) in [5.74, 6) is -0.0254. The van der Waals surface area contributed by atoms with Gasteiger partial charge in [-0.15, -0.1) is 0 Å². The van der Waals surface area contributed by atoms with E-state index in [-0.39, 0.29) is 41.5 Å². The highest BCUT2D eigenvalue weighted by atomic mass is 32.2. The first kappa shape index (κ1) is 30.9. The van der Waals surface area contributed by atoms with Crippen molar-refractivity contribution in [3.8, 4) is 22.8 Å². The van der Waals surface area contributed by atoms with E-state index < -0.39 is 27.0 Å². The molecule has 1 fully saturated rings. The van der Waals surface area contributed by atoms with Gasteiger partial charge in [-0.25, -0.2) is 22.9 Å². The predicted octanol–water partition coefficient (Wildman–Crippen LogP) is 4.30. The van der Waals surface area contributed by atoms with E-state index in [0.717, 1.165) is 11.3 Å². The van der Waals surface area contributed by atoms with Crippen molar-refractivity contribution in [2.75, 3.05) is 31.7 Å². The first-order valence-electron chi connectivity index (χ1n) is 14.9. The fraction of sp³-hybridized carbons (Fsp3) is 0.364. The van der Waals surface area contributed by atoms with Crippen molar-refractivity contribution in [3.63, 3.8) is 0 Å². The number of primary sulfonamides is 1. The number of nitrogens with zero attached hydrogens (tertiary/aromatic N) is 3. The summed E-state index contributed by atoms with van der Waals surface area (Å²) in [7, 11) is -2.20. The minimum absolute atomic E-state index is 0.0146. The summed E-state index contributed by atoms with van der Waals surface area (Å²) in [6.07, 6.45) is 4.27. The maximum absolute atomic E-state index is 15.7. The number of carbonyl (C=O) groups excluding carboxylic acids is 1. The van der Waals surface area contributed by atoms with Crippen LogP contribution < -0.4 is 24.8 Å². The number of likely N-dealkylation sites (N-methyl/N-ethyl adjacent to an activating group) is 1. The minimum atomic E-state index is -3.94. The monoisotopic (exact) mass is 633 g/mol. The highest BCUT2D eigenvalue weighted by molar-refractivity contribution is 7.88. The molecule has 0 radical (unpaired) electrons. The summed E-state index contributed by atoms with van der Waals surface area (Å²) >= 11 is 0. The molecule has 4 aromatic rings. The standard InChI is InChI=1S/C33H36FN5O5S/c1-20(2)36-9-10-43-31-23(19-45(35,41)42)11-22(16-38-31)25-12-26-28(13-27(25)34)37-17-29-30(26)33(32(40)39(29)3)14-21(15-33)18-44-24-7-5-4-6-8-24/h4-8,11-13,16-17,20-21,36H,9-10,14-15,18-19H2,1-3H3,(H2,35,41,42). The number of halogens is 1. The molecule has 0 unspecified atom stereocenters. The van der Waals surface area contributed by atoms with Crippen LogP contribution in [0.5, 0.6) is 11.6 Å². The fourth-order valence-corrected chi connectivity index (χ4v) is 7.10. The molecule has 2 aromatic heterocycles. The van der Waals surface area contributed by atoms with Gasteiger partial charge in [0, 0.05) is 59.5 Å². The predicted molar refractivity (Wildman–Crippen MR) is 170 cm³/mol. The molecule has 1 spiro atoms. The van der Waals surface area contributed by atoms with Crippen LogP contribution in [0.25, 0.3) is 22.0 Å². The van der Waals surface area contributed by atoms with E-state index in [4.69, 9.17) is 14.6 Å². The van der Waals surface area contributed by atoms with Crippen molar-refractivity contribution >= 4 is 32.5 Å². The van der Waals surface area contributed by atoms with Gasteiger partial charge < -0.3 is 19.7 Å². The van der Waals surface area contributed by atoms with Crippen LogP contribution in [0.15, 0.2) is 60.9 Å². The number of pyridine rings is 2. The van der Waals surface area contributed by atoms with Gasteiger partial charge in [0.05, 0.1) is 35.2 Å². The lowest BCUT2D eigenvalue weighted by atomic mass is 9.58. The number of hydrogen-bond acceptors (Lipinski definition) is 8. The Morgan fingerprint density at radius 1 is 1.11 bits per heavy atom. The molecule has 6 rings (SSSR count). The molecular formula is C33H36FN5O5S. The van der Waals surface area contributed by atoms with E-state index in [1.54, 1.807) is 24.2 Å². The molecule has 3 N–H and O–H groups in total. The molecule has 236 valence electrons. The average Bonchev–Trinajstić information content (AvgIpc) is 3.20. The maximum atomic E-state index is 15.7. The van der Waals surface area contributed by atoms with E-state index in [0.29, 0.717) is 48.1 Å². The fourth-order valence-electron chi connectivity index (χ4n) is 6.46. The Hall–Kier alpha value is -4.13. The Bertz CT molecular complexity index is 1860. The van der Waals surface area contributed by atoms with Crippen molar-refractivity contribution in [2.45, 2.75) is 43.9 Å². The van der Waals surface area contributed by atoms with Gasteiger partial charge in [0.1, 0.15) is 18.2 Å². The van der Waals surface area contributed by atoms with Gasteiger partial charge in [-0.3, -0.25) is 9.78 Å². The number of carbonyl (C=O) groups is 1. The molecule has 1 saturated carbocycles. The van der Waals surface area contributed by atoms with Gasteiger partial charge in [0.25, 0.3) is 0 Å². The number of anilines is 1. The van der Waals surface area contributed by atoms with E-state index in [1.165, 1.54) is 18.3 Å². The molecule has 0 atom stereocenters. The highest BCUT2D eigenvalue weighted by Gasteiger charge is 2.58. The molecule has 1 aliphatic heterocycles. The van der Waals surface area contributed by atoms with Crippen LogP contribution in [-0.2, 0) is 26.0 Å². The molecule has 2 aliphatic rings.